The van der Waals surface area contributed by atoms with Crippen molar-refractivity contribution in [2.24, 2.45) is 0 Å². The third kappa shape index (κ3) is 3.15. The van der Waals surface area contributed by atoms with E-state index in [4.69, 9.17) is 4.52 Å². The fraction of sp³-hybridized carbons (Fsp3) is 0.714. The second kappa shape index (κ2) is 5.74. The Morgan fingerprint density at radius 1 is 1.47 bits per heavy atom. The van der Waals surface area contributed by atoms with Crippen molar-refractivity contribution >= 4 is 5.91 Å². The lowest BCUT2D eigenvalue weighted by Gasteiger charge is -2.38. The number of nitrogens with zero attached hydrogens (tertiary/aromatic N) is 2. The lowest BCUT2D eigenvalue weighted by Crippen LogP contribution is -2.55. The van der Waals surface area contributed by atoms with Gasteiger partial charge in [-0.25, -0.2) is 0 Å². The first-order valence-electron chi connectivity index (χ1n) is 6.65. The molecule has 1 amide bonds. The quantitative estimate of drug-likeness (QED) is 0.886. The van der Waals surface area contributed by atoms with Crippen LogP contribution < -0.4 is 5.32 Å². The molecular formula is C14H25N3O2. The summed E-state index contributed by atoms with van der Waals surface area (Å²) in [6.07, 6.45) is 0.741. The summed E-state index contributed by atoms with van der Waals surface area (Å²) >= 11 is 0. The Morgan fingerprint density at radius 3 is 2.47 bits per heavy atom. The molecule has 0 spiro atoms. The molecule has 0 aromatic carbocycles. The summed E-state index contributed by atoms with van der Waals surface area (Å²) in [4.78, 5) is 14.3. The topological polar surface area (TPSA) is 58.4 Å². The van der Waals surface area contributed by atoms with Crippen molar-refractivity contribution in [2.75, 3.05) is 14.1 Å². The molecule has 0 aliphatic carbocycles. The molecule has 1 aromatic rings. The Hall–Kier alpha value is -1.36. The summed E-state index contributed by atoms with van der Waals surface area (Å²) in [7, 11) is 4.00. The zero-order valence-electron chi connectivity index (χ0n) is 13.0. The molecule has 1 aromatic heterocycles. The Morgan fingerprint density at radius 2 is 2.05 bits per heavy atom. The number of hydrogen-bond acceptors (Lipinski definition) is 4. The first-order chi connectivity index (χ1) is 8.71. The van der Waals surface area contributed by atoms with Gasteiger partial charge in [-0.1, -0.05) is 12.1 Å². The van der Waals surface area contributed by atoms with Gasteiger partial charge in [-0.15, -0.1) is 0 Å². The summed E-state index contributed by atoms with van der Waals surface area (Å²) < 4.78 is 5.16. The van der Waals surface area contributed by atoms with Crippen LogP contribution in [0.4, 0.5) is 0 Å². The van der Waals surface area contributed by atoms with Gasteiger partial charge in [0.2, 0.25) is 0 Å². The summed E-state index contributed by atoms with van der Waals surface area (Å²) in [6.45, 7) is 10.0. The fourth-order valence-corrected chi connectivity index (χ4v) is 1.74. The van der Waals surface area contributed by atoms with Gasteiger partial charge in [-0.2, -0.15) is 0 Å². The SMILES string of the molecule is CCc1onc(C(=O)NC(C)C(C)(C)N(C)C)c1C. The molecule has 1 N–H and O–H groups in total. The average molecular weight is 267 g/mol. The standard InChI is InChI=1S/C14H25N3O2/c1-8-11-9(2)12(16-19-11)13(18)15-10(3)14(4,5)17(6)7/h10H,8H2,1-7H3,(H,15,18). The molecule has 5 nitrogen and oxygen atoms in total. The number of hydrogen-bond donors (Lipinski definition) is 1. The summed E-state index contributed by atoms with van der Waals surface area (Å²) in [5, 5.41) is 6.86. The molecule has 1 unspecified atom stereocenters. The van der Waals surface area contributed by atoms with Crippen molar-refractivity contribution in [1.82, 2.24) is 15.4 Å². The molecule has 0 fully saturated rings. The number of nitrogens with one attached hydrogen (secondary N) is 1. The highest BCUT2D eigenvalue weighted by molar-refractivity contribution is 5.93. The zero-order chi connectivity index (χ0) is 14.8. The highest BCUT2D eigenvalue weighted by atomic mass is 16.5. The van der Waals surface area contributed by atoms with E-state index in [9.17, 15) is 4.79 Å². The molecule has 1 atom stereocenters. The van der Waals surface area contributed by atoms with Crippen molar-refractivity contribution < 1.29 is 9.32 Å². The number of aromatic nitrogens is 1. The van der Waals surface area contributed by atoms with Crippen molar-refractivity contribution in [3.8, 4) is 0 Å². The minimum atomic E-state index is -0.177. The second-order valence-electron chi connectivity index (χ2n) is 5.68. The van der Waals surface area contributed by atoms with E-state index >= 15 is 0 Å². The predicted octanol–water partition coefficient (Wildman–Crippen LogP) is 2.00. The maximum Gasteiger partial charge on any atom is 0.274 e. The fourth-order valence-electron chi connectivity index (χ4n) is 1.74. The highest BCUT2D eigenvalue weighted by Gasteiger charge is 2.30. The molecule has 0 aliphatic heterocycles. The van der Waals surface area contributed by atoms with E-state index in [0.717, 1.165) is 17.7 Å². The number of amides is 1. The summed E-state index contributed by atoms with van der Waals surface area (Å²) in [5.74, 6) is 0.591. The third-order valence-electron chi connectivity index (χ3n) is 4.12. The smallest absolute Gasteiger partial charge is 0.274 e. The van der Waals surface area contributed by atoms with Gasteiger partial charge >= 0.3 is 0 Å². The zero-order valence-corrected chi connectivity index (χ0v) is 13.0. The van der Waals surface area contributed by atoms with Crippen LogP contribution in [0.15, 0.2) is 4.52 Å². The van der Waals surface area contributed by atoms with Crippen molar-refractivity contribution in [3.63, 3.8) is 0 Å². The van der Waals surface area contributed by atoms with Crippen LogP contribution in [0.2, 0.25) is 0 Å². The monoisotopic (exact) mass is 267 g/mol. The molecule has 0 saturated carbocycles. The first kappa shape index (κ1) is 15.7. The molecule has 0 radical (unpaired) electrons. The molecule has 5 heteroatoms. The van der Waals surface area contributed by atoms with Crippen LogP contribution in [-0.4, -0.2) is 41.6 Å². The molecule has 0 bridgehead atoms. The van der Waals surface area contributed by atoms with Gasteiger partial charge in [0.05, 0.1) is 0 Å². The molecule has 108 valence electrons. The van der Waals surface area contributed by atoms with Crippen LogP contribution in [0, 0.1) is 6.92 Å². The Labute approximate surface area is 115 Å². The average Bonchev–Trinajstić information content (AvgIpc) is 2.69. The maximum atomic E-state index is 12.2. The first-order valence-corrected chi connectivity index (χ1v) is 6.65. The molecular weight excluding hydrogens is 242 g/mol. The minimum absolute atomic E-state index is 0.00354. The molecule has 19 heavy (non-hydrogen) atoms. The molecule has 0 saturated heterocycles. The molecule has 1 rings (SSSR count). The van der Waals surface area contributed by atoms with E-state index < -0.39 is 0 Å². The number of aryl methyl sites for hydroxylation is 1. The normalized spacial score (nSPS) is 13.7. The third-order valence-corrected chi connectivity index (χ3v) is 4.12. The van der Waals surface area contributed by atoms with Crippen molar-refractivity contribution in [2.45, 2.75) is 52.6 Å². The Kier molecular flexibility index (Phi) is 4.74. The van der Waals surface area contributed by atoms with Crippen molar-refractivity contribution in [1.29, 1.82) is 0 Å². The van der Waals surface area contributed by atoms with Gasteiger partial charge in [0.15, 0.2) is 5.69 Å². The predicted molar refractivity (Wildman–Crippen MR) is 75.3 cm³/mol. The van der Waals surface area contributed by atoms with Crippen LogP contribution in [0.5, 0.6) is 0 Å². The largest absolute Gasteiger partial charge is 0.360 e. The lowest BCUT2D eigenvalue weighted by atomic mass is 9.94. The van der Waals surface area contributed by atoms with E-state index in [1.165, 1.54) is 0 Å². The number of carbonyl (C=O) groups is 1. The van der Waals surface area contributed by atoms with Gasteiger partial charge in [-0.3, -0.25) is 4.79 Å². The molecule has 1 heterocycles. The van der Waals surface area contributed by atoms with Gasteiger partial charge in [0.1, 0.15) is 5.76 Å². The Bertz CT molecular complexity index is 450. The van der Waals surface area contributed by atoms with Gasteiger partial charge in [0.25, 0.3) is 5.91 Å². The van der Waals surface area contributed by atoms with Crippen LogP contribution in [-0.2, 0) is 6.42 Å². The van der Waals surface area contributed by atoms with Gasteiger partial charge < -0.3 is 14.7 Å². The van der Waals surface area contributed by atoms with Gasteiger partial charge in [-0.05, 0) is 41.8 Å². The van der Waals surface area contributed by atoms with Crippen LogP contribution in [0.3, 0.4) is 0 Å². The van der Waals surface area contributed by atoms with E-state index in [0.29, 0.717) is 5.69 Å². The van der Waals surface area contributed by atoms with Crippen LogP contribution in [0.1, 0.15) is 49.5 Å². The number of likely N-dealkylation sites (N-methyl/N-ethyl adjacent to an activating group) is 1. The van der Waals surface area contributed by atoms with E-state index in [2.05, 4.69) is 29.2 Å². The van der Waals surface area contributed by atoms with Crippen molar-refractivity contribution in [3.05, 3.63) is 17.0 Å². The second-order valence-corrected chi connectivity index (χ2v) is 5.68. The minimum Gasteiger partial charge on any atom is -0.360 e. The van der Waals surface area contributed by atoms with E-state index in [-0.39, 0.29) is 17.5 Å². The number of carbonyl (C=O) groups excluding carboxylic acids is 1. The summed E-state index contributed by atoms with van der Waals surface area (Å²) in [5.41, 5.74) is 1.08. The van der Waals surface area contributed by atoms with Crippen LogP contribution >= 0.6 is 0 Å². The van der Waals surface area contributed by atoms with E-state index in [1.54, 1.807) is 0 Å². The Balaban J connectivity index is 2.83. The van der Waals surface area contributed by atoms with E-state index in [1.807, 2.05) is 34.9 Å². The highest BCUT2D eigenvalue weighted by Crippen LogP contribution is 2.17. The van der Waals surface area contributed by atoms with Gasteiger partial charge in [0, 0.05) is 23.6 Å². The van der Waals surface area contributed by atoms with Crippen LogP contribution in [0.25, 0.3) is 0 Å². The lowest BCUT2D eigenvalue weighted by molar-refractivity contribution is 0.0850. The molecule has 0 aliphatic rings. The number of rotatable bonds is 5. The maximum absolute atomic E-state index is 12.2. The summed E-state index contributed by atoms with van der Waals surface area (Å²) in [6, 6.07) is -0.00354.